The van der Waals surface area contributed by atoms with E-state index in [1.165, 1.54) is 6.08 Å². The largest absolute Gasteiger partial charge is 0.525 e. The summed E-state index contributed by atoms with van der Waals surface area (Å²) in [7, 11) is -1.08. The third-order valence-corrected chi connectivity index (χ3v) is 4.93. The highest BCUT2D eigenvalue weighted by atomic mass is 19.1. The van der Waals surface area contributed by atoms with Crippen molar-refractivity contribution in [2.45, 2.75) is 44.9 Å². The summed E-state index contributed by atoms with van der Waals surface area (Å²) in [5, 5.41) is 3.12. The summed E-state index contributed by atoms with van der Waals surface area (Å²) in [5.41, 5.74) is -1.73. The van der Waals surface area contributed by atoms with Gasteiger partial charge in [0.15, 0.2) is 0 Å². The van der Waals surface area contributed by atoms with Crippen molar-refractivity contribution in [2.24, 2.45) is 0 Å². The van der Waals surface area contributed by atoms with Crippen LogP contribution < -0.4 is 10.9 Å². The quantitative estimate of drug-likeness (QED) is 0.865. The molecular weight excluding hydrogens is 298 g/mol. The van der Waals surface area contributed by atoms with E-state index in [1.807, 2.05) is 27.7 Å². The number of nitrogens with zero attached hydrogens (tertiary/aromatic N) is 1. The van der Waals surface area contributed by atoms with E-state index in [0.717, 1.165) is 13.1 Å². The predicted molar refractivity (Wildman–Crippen MR) is 87.8 cm³/mol. The van der Waals surface area contributed by atoms with Gasteiger partial charge >= 0.3 is 7.12 Å². The van der Waals surface area contributed by atoms with Crippen molar-refractivity contribution < 1.29 is 13.7 Å². The predicted octanol–water partition coefficient (Wildman–Crippen LogP) is 1.93. The minimum Gasteiger partial charge on any atom is -0.398 e. The summed E-state index contributed by atoms with van der Waals surface area (Å²) < 4.78 is 27.5. The van der Waals surface area contributed by atoms with Gasteiger partial charge in [-0.1, -0.05) is 0 Å². The van der Waals surface area contributed by atoms with Gasteiger partial charge < -0.3 is 19.2 Å². The lowest BCUT2D eigenvalue weighted by atomic mass is 9.87. The van der Waals surface area contributed by atoms with Crippen LogP contribution in [0.5, 0.6) is 0 Å². The van der Waals surface area contributed by atoms with Crippen molar-refractivity contribution in [3.8, 4) is 0 Å². The zero-order valence-electron chi connectivity index (χ0n) is 13.9. The number of aromatic nitrogens is 1. The minimum atomic E-state index is -1.08. The molecule has 0 bridgehead atoms. The monoisotopic (exact) mass is 320 g/mol. The smallest absolute Gasteiger partial charge is 0.398 e. The van der Waals surface area contributed by atoms with Crippen LogP contribution in [0, 0.1) is 0 Å². The lowest BCUT2D eigenvalue weighted by Crippen LogP contribution is -2.47. The van der Waals surface area contributed by atoms with Crippen LogP contribution in [0.3, 0.4) is 0 Å². The Bertz CT molecular complexity index is 679. The first-order valence-electron chi connectivity index (χ1n) is 7.86. The highest BCUT2D eigenvalue weighted by Crippen LogP contribution is 2.38. The Labute approximate surface area is 135 Å². The van der Waals surface area contributed by atoms with Crippen LogP contribution in [0.1, 0.15) is 39.3 Å². The van der Waals surface area contributed by atoms with Crippen LogP contribution in [0.2, 0.25) is 0 Å². The molecule has 1 aromatic rings. The zero-order chi connectivity index (χ0) is 16.8. The van der Waals surface area contributed by atoms with Crippen molar-refractivity contribution in [1.29, 1.82) is 0 Å². The van der Waals surface area contributed by atoms with Gasteiger partial charge in [-0.25, -0.2) is 4.39 Å². The number of hydrogen-bond acceptors (Lipinski definition) is 4. The lowest BCUT2D eigenvalue weighted by molar-refractivity contribution is 0.00578. The highest BCUT2D eigenvalue weighted by molar-refractivity contribution is 6.54. The maximum atomic E-state index is 14.5. The average molecular weight is 320 g/mol. The van der Waals surface area contributed by atoms with E-state index in [4.69, 9.17) is 9.31 Å². The highest BCUT2D eigenvalue weighted by Gasteiger charge is 2.53. The topological polar surface area (TPSA) is 52.5 Å². The molecule has 2 fully saturated rings. The van der Waals surface area contributed by atoms with Crippen LogP contribution >= 0.6 is 0 Å². The Balaban J connectivity index is 1.86. The molecule has 2 saturated heterocycles. The van der Waals surface area contributed by atoms with Crippen LogP contribution in [0.25, 0.3) is 6.08 Å². The normalized spacial score (nSPS) is 23.9. The maximum absolute atomic E-state index is 14.5. The molecule has 0 radical (unpaired) electrons. The minimum absolute atomic E-state index is 0.135. The van der Waals surface area contributed by atoms with E-state index < -0.39 is 24.0 Å². The van der Waals surface area contributed by atoms with Gasteiger partial charge in [0.25, 0.3) is 5.56 Å². The molecule has 5 nitrogen and oxygen atoms in total. The molecule has 124 valence electrons. The molecule has 3 rings (SSSR count). The Morgan fingerprint density at radius 1 is 1.35 bits per heavy atom. The van der Waals surface area contributed by atoms with Crippen LogP contribution in [0.15, 0.2) is 28.9 Å². The molecule has 0 unspecified atom stereocenters. The fourth-order valence-corrected chi connectivity index (χ4v) is 2.57. The maximum Gasteiger partial charge on any atom is 0.525 e. The first-order valence-corrected chi connectivity index (χ1v) is 7.86. The third kappa shape index (κ3) is 2.89. The van der Waals surface area contributed by atoms with Gasteiger partial charge in [-0.2, -0.15) is 0 Å². The first kappa shape index (κ1) is 16.4. The van der Waals surface area contributed by atoms with E-state index in [9.17, 15) is 9.18 Å². The summed E-state index contributed by atoms with van der Waals surface area (Å²) in [6.07, 6.45) is 2.95. The van der Waals surface area contributed by atoms with Crippen molar-refractivity contribution in [1.82, 2.24) is 9.88 Å². The van der Waals surface area contributed by atoms with Crippen molar-refractivity contribution >= 4 is 13.2 Å². The zero-order valence-corrected chi connectivity index (χ0v) is 13.9. The SMILES string of the molecule is CC1(C)OB(C(F)=Cc2cccn(C3CNC3)c2=O)OC1(C)C. The van der Waals surface area contributed by atoms with E-state index in [2.05, 4.69) is 5.32 Å². The van der Waals surface area contributed by atoms with Crippen LogP contribution in [-0.4, -0.2) is 36.0 Å². The van der Waals surface area contributed by atoms with Gasteiger partial charge in [-0.05, 0) is 45.9 Å². The van der Waals surface area contributed by atoms with Gasteiger partial charge in [-0.15, -0.1) is 0 Å². The Morgan fingerprint density at radius 2 is 1.96 bits per heavy atom. The summed E-state index contributed by atoms with van der Waals surface area (Å²) in [6, 6.07) is 3.49. The molecule has 0 atom stereocenters. The number of rotatable bonds is 3. The number of halogens is 1. The molecule has 0 saturated carbocycles. The summed E-state index contributed by atoms with van der Waals surface area (Å²) >= 11 is 0. The summed E-state index contributed by atoms with van der Waals surface area (Å²) in [4.78, 5) is 12.5. The van der Waals surface area contributed by atoms with E-state index in [-0.39, 0.29) is 11.6 Å². The Kier molecular flexibility index (Phi) is 3.98. The van der Waals surface area contributed by atoms with Gasteiger partial charge in [0.1, 0.15) is 5.73 Å². The van der Waals surface area contributed by atoms with Crippen molar-refractivity contribution in [3.05, 3.63) is 40.0 Å². The first-order chi connectivity index (χ1) is 10.7. The molecule has 0 aromatic carbocycles. The summed E-state index contributed by atoms with van der Waals surface area (Å²) in [6.45, 7) is 8.96. The molecule has 0 aliphatic carbocycles. The molecule has 2 aliphatic rings. The second-order valence-electron chi connectivity index (χ2n) is 7.11. The second kappa shape index (κ2) is 5.58. The number of nitrogens with one attached hydrogen (secondary N) is 1. The van der Waals surface area contributed by atoms with E-state index in [1.54, 1.807) is 22.9 Å². The lowest BCUT2D eigenvalue weighted by Gasteiger charge is -2.32. The molecule has 0 amide bonds. The van der Waals surface area contributed by atoms with Gasteiger partial charge in [-0.3, -0.25) is 4.79 Å². The van der Waals surface area contributed by atoms with Gasteiger partial charge in [0.2, 0.25) is 0 Å². The van der Waals surface area contributed by atoms with Crippen molar-refractivity contribution in [3.63, 3.8) is 0 Å². The third-order valence-electron chi connectivity index (χ3n) is 4.93. The average Bonchev–Trinajstić information content (AvgIpc) is 2.61. The number of hydrogen-bond donors (Lipinski definition) is 1. The second-order valence-corrected chi connectivity index (χ2v) is 7.11. The molecule has 23 heavy (non-hydrogen) atoms. The Morgan fingerprint density at radius 3 is 2.48 bits per heavy atom. The van der Waals surface area contributed by atoms with Crippen LogP contribution in [-0.2, 0) is 9.31 Å². The molecule has 3 heterocycles. The fraction of sp³-hybridized carbons (Fsp3) is 0.562. The fourth-order valence-electron chi connectivity index (χ4n) is 2.57. The summed E-state index contributed by atoms with van der Waals surface area (Å²) in [5.74, 6) is 0. The van der Waals surface area contributed by atoms with E-state index >= 15 is 0 Å². The molecule has 7 heteroatoms. The molecular formula is C16H22BFN2O3. The van der Waals surface area contributed by atoms with Gasteiger partial charge in [0.05, 0.1) is 17.2 Å². The van der Waals surface area contributed by atoms with E-state index in [0.29, 0.717) is 5.56 Å². The Hall–Kier alpha value is -1.44. The van der Waals surface area contributed by atoms with Crippen LogP contribution in [0.4, 0.5) is 4.39 Å². The standard InChI is InChI=1S/C16H22BFN2O3/c1-15(2)16(3,4)23-17(22-15)13(18)8-11-6-5-7-20(14(11)21)12-9-19-10-12/h5-8,12,19H,9-10H2,1-4H3. The van der Waals surface area contributed by atoms with Crippen molar-refractivity contribution in [2.75, 3.05) is 13.1 Å². The molecule has 0 spiro atoms. The molecule has 1 aromatic heterocycles. The van der Waals surface area contributed by atoms with Gasteiger partial charge in [0, 0.05) is 24.8 Å². The number of pyridine rings is 1. The molecule has 2 aliphatic heterocycles. The molecule has 1 N–H and O–H groups in total.